The molecule has 0 radical (unpaired) electrons. The predicted molar refractivity (Wildman–Crippen MR) is 73.4 cm³/mol. The molecule has 0 bridgehead atoms. The molecule has 2 aromatic rings. The molecule has 1 aromatic carbocycles. The molecule has 0 N–H and O–H groups in total. The number of rotatable bonds is 2. The van der Waals surface area contributed by atoms with Gasteiger partial charge in [-0.1, -0.05) is 11.3 Å². The van der Waals surface area contributed by atoms with Gasteiger partial charge in [0.2, 0.25) is 0 Å². The van der Waals surface area contributed by atoms with Crippen LogP contribution in [0.5, 0.6) is 0 Å². The zero-order chi connectivity index (χ0) is 15.6. The minimum absolute atomic E-state index is 0. The number of hydrogen-bond donors (Lipinski definition) is 0. The summed E-state index contributed by atoms with van der Waals surface area (Å²) in [7, 11) is 1.63. The first-order chi connectivity index (χ1) is 9.93. The number of thiazole rings is 1. The summed E-state index contributed by atoms with van der Waals surface area (Å²) in [6, 6.07) is 8.01. The van der Waals surface area contributed by atoms with E-state index in [0.717, 1.165) is 11.3 Å². The molecule has 106 valence electrons. The number of nitriles is 1. The molecule has 0 aliphatic rings. The number of carbonyl (C=O) groups excluding carboxylic acids is 2. The van der Waals surface area contributed by atoms with Crippen LogP contribution in [0.25, 0.3) is 0 Å². The van der Waals surface area contributed by atoms with Crippen molar-refractivity contribution in [2.45, 2.75) is 6.92 Å². The molecule has 0 aliphatic carbocycles. The molecule has 0 aliphatic heterocycles. The van der Waals surface area contributed by atoms with Gasteiger partial charge in [0.15, 0.2) is 4.80 Å². The molecule has 0 spiro atoms. The van der Waals surface area contributed by atoms with Gasteiger partial charge >= 0.3 is 29.6 Å². The van der Waals surface area contributed by atoms with Crippen LogP contribution in [0.1, 0.15) is 31.3 Å². The SMILES string of the molecule is Cc1c(C(=O)[O-])sc(=NC(=O)c2ccc(C#N)cc2)n1C.[Na+]. The third-order valence-corrected chi connectivity index (χ3v) is 4.17. The van der Waals surface area contributed by atoms with Crippen molar-refractivity contribution >= 4 is 23.2 Å². The third-order valence-electron chi connectivity index (χ3n) is 2.96. The largest absolute Gasteiger partial charge is 1.00 e. The second-order valence-corrected chi connectivity index (χ2v) is 5.23. The molecule has 0 fully saturated rings. The number of benzene rings is 1. The average molecular weight is 323 g/mol. The Morgan fingerprint density at radius 3 is 2.36 bits per heavy atom. The minimum atomic E-state index is -1.29. The summed E-state index contributed by atoms with van der Waals surface area (Å²) in [5.41, 5.74) is 1.25. The fourth-order valence-corrected chi connectivity index (χ4v) is 2.61. The second kappa shape index (κ2) is 7.51. The van der Waals surface area contributed by atoms with Crippen LogP contribution in [0.3, 0.4) is 0 Å². The Labute approximate surface area is 152 Å². The van der Waals surface area contributed by atoms with E-state index in [0.29, 0.717) is 16.8 Å². The van der Waals surface area contributed by atoms with Gasteiger partial charge in [0.25, 0.3) is 5.91 Å². The molecule has 6 nitrogen and oxygen atoms in total. The zero-order valence-electron chi connectivity index (χ0n) is 12.3. The van der Waals surface area contributed by atoms with Gasteiger partial charge < -0.3 is 14.5 Å². The maximum atomic E-state index is 12.0. The molecular weight excluding hydrogens is 313 g/mol. The Hall–Kier alpha value is -1.72. The normalized spacial score (nSPS) is 10.7. The first kappa shape index (κ1) is 18.3. The second-order valence-electron chi connectivity index (χ2n) is 4.25. The van der Waals surface area contributed by atoms with E-state index in [1.807, 2.05) is 6.07 Å². The molecular formula is C14H10N3NaO3S. The standard InChI is InChI=1S/C14H11N3O3S.Na/c1-8-11(13(19)20)21-14(17(8)2)16-12(18)10-5-3-9(7-15)4-6-10;/h3-6H,1-2H3,(H,19,20);/q;+1/p-1. The first-order valence-corrected chi connectivity index (χ1v) is 6.72. The predicted octanol–water partition coefficient (Wildman–Crippen LogP) is -2.62. The topological polar surface area (TPSA) is 98.3 Å². The Kier molecular flexibility index (Phi) is 6.26. The number of amides is 1. The van der Waals surface area contributed by atoms with Crippen LogP contribution in [0.2, 0.25) is 0 Å². The van der Waals surface area contributed by atoms with E-state index in [4.69, 9.17) is 5.26 Å². The van der Waals surface area contributed by atoms with Crippen molar-refractivity contribution in [2.75, 3.05) is 0 Å². The van der Waals surface area contributed by atoms with Gasteiger partial charge in [-0.3, -0.25) is 4.79 Å². The van der Waals surface area contributed by atoms with Crippen LogP contribution < -0.4 is 39.5 Å². The monoisotopic (exact) mass is 323 g/mol. The van der Waals surface area contributed by atoms with Gasteiger partial charge in [-0.25, -0.2) is 0 Å². The van der Waals surface area contributed by atoms with Crippen molar-refractivity contribution in [1.29, 1.82) is 5.26 Å². The van der Waals surface area contributed by atoms with Crippen LogP contribution in [0, 0.1) is 18.3 Å². The zero-order valence-corrected chi connectivity index (χ0v) is 15.1. The summed E-state index contributed by atoms with van der Waals surface area (Å²) in [6.07, 6.45) is 0. The Balaban J connectivity index is 0.00000242. The smallest absolute Gasteiger partial charge is 0.544 e. The fraction of sp³-hybridized carbons (Fsp3) is 0.143. The molecule has 1 aromatic heterocycles. The molecule has 0 saturated heterocycles. The van der Waals surface area contributed by atoms with E-state index in [9.17, 15) is 14.7 Å². The van der Waals surface area contributed by atoms with Crippen molar-refractivity contribution in [1.82, 2.24) is 4.57 Å². The summed E-state index contributed by atoms with van der Waals surface area (Å²) >= 11 is 0.886. The molecule has 8 heteroatoms. The summed E-state index contributed by atoms with van der Waals surface area (Å²) < 4.78 is 1.53. The maximum absolute atomic E-state index is 12.0. The van der Waals surface area contributed by atoms with E-state index in [-0.39, 0.29) is 39.2 Å². The van der Waals surface area contributed by atoms with E-state index < -0.39 is 11.9 Å². The van der Waals surface area contributed by atoms with Gasteiger partial charge in [0, 0.05) is 18.3 Å². The van der Waals surface area contributed by atoms with E-state index in [1.54, 1.807) is 14.0 Å². The van der Waals surface area contributed by atoms with E-state index >= 15 is 0 Å². The quantitative estimate of drug-likeness (QED) is 0.565. The molecule has 1 heterocycles. The van der Waals surface area contributed by atoms with Gasteiger partial charge in [0.05, 0.1) is 22.5 Å². The van der Waals surface area contributed by atoms with Gasteiger partial charge in [-0.15, -0.1) is 0 Å². The number of aromatic nitrogens is 1. The molecule has 1 amide bonds. The minimum Gasteiger partial charge on any atom is -0.544 e. The Bertz CT molecular complexity index is 828. The first-order valence-electron chi connectivity index (χ1n) is 5.91. The van der Waals surface area contributed by atoms with Crippen LogP contribution in [0.4, 0.5) is 0 Å². The number of hydrogen-bond acceptors (Lipinski definition) is 5. The number of aromatic carboxylic acids is 1. The molecule has 2 rings (SSSR count). The van der Waals surface area contributed by atoms with E-state index in [2.05, 4.69) is 4.99 Å². The number of nitrogens with zero attached hydrogens (tertiary/aromatic N) is 3. The Morgan fingerprint density at radius 1 is 1.32 bits per heavy atom. The van der Waals surface area contributed by atoms with Gasteiger partial charge in [-0.05, 0) is 31.2 Å². The van der Waals surface area contributed by atoms with Crippen molar-refractivity contribution in [2.24, 2.45) is 12.0 Å². The van der Waals surface area contributed by atoms with Gasteiger partial charge in [0.1, 0.15) is 0 Å². The Morgan fingerprint density at radius 2 is 1.91 bits per heavy atom. The average Bonchev–Trinajstić information content (AvgIpc) is 2.76. The van der Waals surface area contributed by atoms with Crippen LogP contribution >= 0.6 is 11.3 Å². The molecule has 22 heavy (non-hydrogen) atoms. The summed E-state index contributed by atoms with van der Waals surface area (Å²) in [4.78, 5) is 27.2. The molecule has 0 unspecified atom stereocenters. The van der Waals surface area contributed by atoms with Crippen molar-refractivity contribution in [3.8, 4) is 6.07 Å². The maximum Gasteiger partial charge on any atom is 1.00 e. The van der Waals surface area contributed by atoms with Crippen molar-refractivity contribution in [3.05, 3.63) is 50.8 Å². The summed E-state index contributed by atoms with van der Waals surface area (Å²) in [5.74, 6) is -1.79. The number of carbonyl (C=O) groups is 2. The molecule has 0 saturated carbocycles. The molecule has 0 atom stereocenters. The van der Waals surface area contributed by atoms with Crippen LogP contribution in [-0.4, -0.2) is 16.4 Å². The van der Waals surface area contributed by atoms with E-state index in [1.165, 1.54) is 28.8 Å². The van der Waals surface area contributed by atoms with Crippen LogP contribution in [0.15, 0.2) is 29.3 Å². The summed E-state index contributed by atoms with van der Waals surface area (Å²) in [6.45, 7) is 1.62. The number of carboxylic acid groups (broad SMARTS) is 1. The summed E-state index contributed by atoms with van der Waals surface area (Å²) in [5, 5.41) is 19.6. The van der Waals surface area contributed by atoms with Crippen molar-refractivity contribution in [3.63, 3.8) is 0 Å². The third kappa shape index (κ3) is 3.72. The van der Waals surface area contributed by atoms with Gasteiger partial charge in [-0.2, -0.15) is 10.3 Å². The van der Waals surface area contributed by atoms with Crippen molar-refractivity contribution < 1.29 is 44.3 Å². The fourth-order valence-electron chi connectivity index (χ4n) is 1.66. The number of carboxylic acids is 1. The van der Waals surface area contributed by atoms with Crippen LogP contribution in [-0.2, 0) is 7.05 Å².